The van der Waals surface area contributed by atoms with E-state index in [2.05, 4.69) is 0 Å². The van der Waals surface area contributed by atoms with Gasteiger partial charge in [-0.15, -0.1) is 0 Å². The van der Waals surface area contributed by atoms with Gasteiger partial charge in [0.15, 0.2) is 0 Å². The van der Waals surface area contributed by atoms with Gasteiger partial charge in [-0.25, -0.2) is 4.39 Å². The van der Waals surface area contributed by atoms with Crippen LogP contribution < -0.4 is 0 Å². The Morgan fingerprint density at radius 2 is 1.67 bits per heavy atom. The Kier molecular flexibility index (Phi) is 7.77. The first-order valence-corrected chi connectivity index (χ1v) is 10.2. The maximum absolute atomic E-state index is 13.6. The molecule has 0 radical (unpaired) electrons. The molecule has 0 unspecified atom stereocenters. The number of carbonyl (C=O) groups excluding carboxylic acids is 2. The number of esters is 2. The van der Waals surface area contributed by atoms with Crippen molar-refractivity contribution in [3.8, 4) is 0 Å². The molecule has 2 aromatic rings. The summed E-state index contributed by atoms with van der Waals surface area (Å²) in [5, 5.41) is 0. The van der Waals surface area contributed by atoms with Gasteiger partial charge >= 0.3 is 11.9 Å². The minimum absolute atomic E-state index is 0.0472. The van der Waals surface area contributed by atoms with E-state index in [0.29, 0.717) is 0 Å². The van der Waals surface area contributed by atoms with Crippen molar-refractivity contribution in [2.45, 2.75) is 65.6 Å². The summed E-state index contributed by atoms with van der Waals surface area (Å²) in [5.74, 6) is -2.10. The van der Waals surface area contributed by atoms with Gasteiger partial charge in [0.2, 0.25) is 0 Å². The van der Waals surface area contributed by atoms with Crippen LogP contribution in [0.25, 0.3) is 0 Å². The van der Waals surface area contributed by atoms with Gasteiger partial charge in [0.1, 0.15) is 17.5 Å². The van der Waals surface area contributed by atoms with Crippen LogP contribution in [-0.2, 0) is 19.1 Å². The molecule has 0 aliphatic rings. The van der Waals surface area contributed by atoms with Gasteiger partial charge in [0.25, 0.3) is 0 Å². The number of halogens is 1. The number of carbonyl (C=O) groups is 2. The predicted octanol–water partition coefficient (Wildman–Crippen LogP) is 5.57. The highest BCUT2D eigenvalue weighted by molar-refractivity contribution is 5.80. The zero-order valence-electron chi connectivity index (χ0n) is 18.6. The number of benzene rings is 2. The molecule has 3 atom stereocenters. The molecule has 4 nitrogen and oxygen atoms in total. The van der Waals surface area contributed by atoms with E-state index in [1.165, 1.54) is 12.1 Å². The Balaban J connectivity index is 2.19. The monoisotopic (exact) mass is 414 g/mol. The quantitative estimate of drug-likeness (QED) is 0.556. The third kappa shape index (κ3) is 6.68. The highest BCUT2D eigenvalue weighted by atomic mass is 19.1. The lowest BCUT2D eigenvalue weighted by molar-refractivity contribution is -0.163. The Labute approximate surface area is 178 Å². The molecule has 0 N–H and O–H groups in total. The fourth-order valence-electron chi connectivity index (χ4n) is 3.44. The number of hydrogen-bond acceptors (Lipinski definition) is 4. The van der Waals surface area contributed by atoms with Crippen LogP contribution in [0.3, 0.4) is 0 Å². The summed E-state index contributed by atoms with van der Waals surface area (Å²) in [6.07, 6.45) is -0.556. The molecule has 30 heavy (non-hydrogen) atoms. The van der Waals surface area contributed by atoms with E-state index in [9.17, 15) is 14.0 Å². The zero-order valence-corrected chi connectivity index (χ0v) is 18.6. The smallest absolute Gasteiger partial charge is 0.309 e. The van der Waals surface area contributed by atoms with E-state index in [4.69, 9.17) is 9.47 Å². The molecule has 0 bridgehead atoms. The van der Waals surface area contributed by atoms with Crippen LogP contribution in [0, 0.1) is 18.7 Å². The molecule has 0 heterocycles. The molecule has 0 saturated carbocycles. The third-order valence-electron chi connectivity index (χ3n) is 4.79. The second-order valence-corrected chi connectivity index (χ2v) is 8.72. The summed E-state index contributed by atoms with van der Waals surface area (Å²) in [6.45, 7) is 10.7. The molecule has 0 amide bonds. The number of ether oxygens (including phenoxy) is 2. The van der Waals surface area contributed by atoms with Gasteiger partial charge in [0.05, 0.1) is 12.3 Å². The van der Waals surface area contributed by atoms with Crippen LogP contribution in [0.2, 0.25) is 0 Å². The highest BCUT2D eigenvalue weighted by Gasteiger charge is 2.29. The van der Waals surface area contributed by atoms with E-state index in [-0.39, 0.29) is 18.2 Å². The maximum Gasteiger partial charge on any atom is 0.309 e. The fourth-order valence-corrected chi connectivity index (χ4v) is 3.44. The maximum atomic E-state index is 13.6. The summed E-state index contributed by atoms with van der Waals surface area (Å²) in [4.78, 5) is 24.7. The first kappa shape index (κ1) is 23.6. The molecule has 5 heteroatoms. The molecule has 0 aliphatic carbocycles. The first-order valence-electron chi connectivity index (χ1n) is 10.2. The minimum Gasteiger partial charge on any atom is -0.461 e. The molecule has 0 spiro atoms. The van der Waals surface area contributed by atoms with Crippen molar-refractivity contribution < 1.29 is 23.5 Å². The fraction of sp³-hybridized carbons (Fsp3) is 0.440. The molecule has 162 valence electrons. The van der Waals surface area contributed by atoms with E-state index in [1.54, 1.807) is 33.8 Å². The second kappa shape index (κ2) is 9.88. The topological polar surface area (TPSA) is 52.6 Å². The van der Waals surface area contributed by atoms with E-state index in [1.807, 2.05) is 44.2 Å². The third-order valence-corrected chi connectivity index (χ3v) is 4.79. The van der Waals surface area contributed by atoms with Crippen LogP contribution in [0.1, 0.15) is 63.6 Å². The lowest BCUT2D eigenvalue weighted by Gasteiger charge is -2.27. The van der Waals surface area contributed by atoms with Crippen LogP contribution in [-0.4, -0.2) is 23.6 Å². The average Bonchev–Trinajstić information content (AvgIpc) is 2.63. The van der Waals surface area contributed by atoms with Crippen molar-refractivity contribution in [3.05, 3.63) is 71.0 Å². The van der Waals surface area contributed by atoms with Gasteiger partial charge in [-0.1, -0.05) is 43.3 Å². The number of rotatable bonds is 7. The molecule has 2 aromatic carbocycles. The SMILES string of the molecule is Cc1cc(F)ccc1[C@@H](c1ccccc1)[C@H](C)OC(=O)[C@H](C)CC(=O)OC(C)(C)C. The Morgan fingerprint density at radius 1 is 1.03 bits per heavy atom. The minimum atomic E-state index is -0.631. The predicted molar refractivity (Wildman–Crippen MR) is 115 cm³/mol. The molecular formula is C25H31FO4. The van der Waals surface area contributed by atoms with Gasteiger partial charge in [-0.3, -0.25) is 9.59 Å². The van der Waals surface area contributed by atoms with Crippen LogP contribution in [0.5, 0.6) is 0 Å². The van der Waals surface area contributed by atoms with E-state index < -0.39 is 29.6 Å². The van der Waals surface area contributed by atoms with Crippen LogP contribution in [0.15, 0.2) is 48.5 Å². The van der Waals surface area contributed by atoms with Crippen molar-refractivity contribution in [1.82, 2.24) is 0 Å². The van der Waals surface area contributed by atoms with E-state index in [0.717, 1.165) is 16.7 Å². The summed E-state index contributed by atoms with van der Waals surface area (Å²) >= 11 is 0. The second-order valence-electron chi connectivity index (χ2n) is 8.72. The van der Waals surface area contributed by atoms with Crippen LogP contribution in [0.4, 0.5) is 4.39 Å². The Morgan fingerprint density at radius 3 is 2.23 bits per heavy atom. The van der Waals surface area contributed by atoms with Crippen molar-refractivity contribution in [1.29, 1.82) is 0 Å². The standard InChI is InChI=1S/C25H31FO4/c1-16-14-20(26)12-13-21(16)23(19-10-8-7-9-11-19)18(3)29-24(28)17(2)15-22(27)30-25(4,5)6/h7-14,17-18,23H,15H2,1-6H3/t17-,18+,23-/m1/s1. The van der Waals surface area contributed by atoms with Crippen molar-refractivity contribution in [3.63, 3.8) is 0 Å². The summed E-state index contributed by atoms with van der Waals surface area (Å²) < 4.78 is 24.7. The number of aryl methyl sites for hydroxylation is 1. The molecule has 0 aromatic heterocycles. The van der Waals surface area contributed by atoms with E-state index >= 15 is 0 Å². The van der Waals surface area contributed by atoms with Gasteiger partial charge in [-0.05, 0) is 63.4 Å². The van der Waals surface area contributed by atoms with Crippen molar-refractivity contribution in [2.75, 3.05) is 0 Å². The highest BCUT2D eigenvalue weighted by Crippen LogP contribution is 2.32. The molecule has 0 fully saturated rings. The van der Waals surface area contributed by atoms with Gasteiger partial charge in [0, 0.05) is 5.92 Å². The summed E-state index contributed by atoms with van der Waals surface area (Å²) in [7, 11) is 0. The lowest BCUT2D eigenvalue weighted by atomic mass is 9.84. The van der Waals surface area contributed by atoms with Crippen molar-refractivity contribution in [2.24, 2.45) is 5.92 Å². The molecule has 0 saturated heterocycles. The van der Waals surface area contributed by atoms with Crippen molar-refractivity contribution >= 4 is 11.9 Å². The summed E-state index contributed by atoms with van der Waals surface area (Å²) in [5.41, 5.74) is 2.04. The van der Waals surface area contributed by atoms with Crippen LogP contribution >= 0.6 is 0 Å². The molecular weight excluding hydrogens is 383 g/mol. The Hall–Kier alpha value is -2.69. The zero-order chi connectivity index (χ0) is 22.5. The largest absolute Gasteiger partial charge is 0.461 e. The summed E-state index contributed by atoms with van der Waals surface area (Å²) in [6, 6.07) is 14.3. The molecule has 2 rings (SSSR count). The first-order chi connectivity index (χ1) is 14.0. The number of hydrogen-bond donors (Lipinski definition) is 0. The van der Waals surface area contributed by atoms with Gasteiger partial charge in [-0.2, -0.15) is 0 Å². The molecule has 0 aliphatic heterocycles. The van der Waals surface area contributed by atoms with Gasteiger partial charge < -0.3 is 9.47 Å². The lowest BCUT2D eigenvalue weighted by Crippen LogP contribution is -2.30. The normalized spacial score (nSPS) is 14.5. The average molecular weight is 415 g/mol. The Bertz CT molecular complexity index is 870.